The van der Waals surface area contributed by atoms with Gasteiger partial charge in [-0.05, 0) is 48.4 Å². The number of hydrogen-bond acceptors (Lipinski definition) is 1. The lowest BCUT2D eigenvalue weighted by Crippen LogP contribution is -2.18. The molecule has 0 aromatic heterocycles. The lowest BCUT2D eigenvalue weighted by Gasteiger charge is -2.15. The summed E-state index contributed by atoms with van der Waals surface area (Å²) in [7, 11) is 0. The van der Waals surface area contributed by atoms with Crippen molar-refractivity contribution in [2.45, 2.75) is 19.5 Å². The van der Waals surface area contributed by atoms with Crippen LogP contribution < -0.4 is 5.32 Å². The Hall–Kier alpha value is -0.610. The van der Waals surface area contributed by atoms with Gasteiger partial charge in [-0.1, -0.05) is 45.2 Å². The molecule has 0 aliphatic rings. The van der Waals surface area contributed by atoms with Crippen molar-refractivity contribution in [2.75, 3.05) is 0 Å². The molecule has 0 fully saturated rings. The zero-order chi connectivity index (χ0) is 14.7. The van der Waals surface area contributed by atoms with E-state index in [1.807, 2.05) is 19.1 Å². The molecule has 2 aromatic carbocycles. The van der Waals surface area contributed by atoms with E-state index >= 15 is 0 Å². The van der Waals surface area contributed by atoms with E-state index in [1.54, 1.807) is 12.1 Å². The first-order chi connectivity index (χ1) is 9.47. The maximum Gasteiger partial charge on any atom is 0.123 e. The minimum absolute atomic E-state index is 0.0833. The van der Waals surface area contributed by atoms with Crippen molar-refractivity contribution in [3.8, 4) is 0 Å². The van der Waals surface area contributed by atoms with Crippen molar-refractivity contribution in [3.05, 3.63) is 67.9 Å². The van der Waals surface area contributed by atoms with Crippen molar-refractivity contribution < 1.29 is 4.39 Å². The first kappa shape index (κ1) is 15.8. The molecule has 2 rings (SSSR count). The summed E-state index contributed by atoms with van der Waals surface area (Å²) in [4.78, 5) is 0. The van der Waals surface area contributed by atoms with Crippen molar-refractivity contribution in [2.24, 2.45) is 0 Å². The van der Waals surface area contributed by atoms with Crippen LogP contribution in [0.2, 0.25) is 10.0 Å². The first-order valence-electron chi connectivity index (χ1n) is 6.09. The Balaban J connectivity index is 2.06. The molecule has 106 valence electrons. The van der Waals surface area contributed by atoms with Crippen LogP contribution in [0.25, 0.3) is 0 Å². The quantitative estimate of drug-likeness (QED) is 0.716. The minimum atomic E-state index is -0.243. The average molecular weight is 377 g/mol. The van der Waals surface area contributed by atoms with Gasteiger partial charge >= 0.3 is 0 Å². The topological polar surface area (TPSA) is 12.0 Å². The second-order valence-corrected chi connectivity index (χ2v) is 6.18. The molecule has 0 heterocycles. The molecule has 1 N–H and O–H groups in total. The fraction of sp³-hybridized carbons (Fsp3) is 0.200. The Morgan fingerprint density at radius 1 is 1.15 bits per heavy atom. The van der Waals surface area contributed by atoms with Crippen LogP contribution in [0.1, 0.15) is 24.1 Å². The van der Waals surface area contributed by atoms with Crippen LogP contribution in [0.4, 0.5) is 4.39 Å². The van der Waals surface area contributed by atoms with Crippen molar-refractivity contribution >= 4 is 39.1 Å². The maximum absolute atomic E-state index is 13.2. The Kier molecular flexibility index (Phi) is 5.44. The monoisotopic (exact) mass is 375 g/mol. The molecule has 0 bridgehead atoms. The normalized spacial score (nSPS) is 12.4. The van der Waals surface area contributed by atoms with E-state index in [0.29, 0.717) is 16.6 Å². The second kappa shape index (κ2) is 6.90. The zero-order valence-corrected chi connectivity index (χ0v) is 13.9. The standard InChI is InChI=1S/C15H13BrCl2FN/c1-9(10-2-5-14(17)15(18)7-10)20-8-11-6-12(19)3-4-13(11)16/h2-7,9,20H,8H2,1H3. The highest BCUT2D eigenvalue weighted by atomic mass is 79.9. The summed E-state index contributed by atoms with van der Waals surface area (Å²) in [5, 5.41) is 4.40. The van der Waals surface area contributed by atoms with Gasteiger partial charge in [-0.2, -0.15) is 0 Å². The molecule has 0 saturated heterocycles. The van der Waals surface area contributed by atoms with Crippen LogP contribution >= 0.6 is 39.1 Å². The summed E-state index contributed by atoms with van der Waals surface area (Å²) in [5.41, 5.74) is 1.91. The van der Waals surface area contributed by atoms with Gasteiger partial charge in [-0.25, -0.2) is 4.39 Å². The van der Waals surface area contributed by atoms with Crippen LogP contribution in [0, 0.1) is 5.82 Å². The minimum Gasteiger partial charge on any atom is -0.306 e. The molecular formula is C15H13BrCl2FN. The van der Waals surface area contributed by atoms with E-state index in [2.05, 4.69) is 21.2 Å². The predicted molar refractivity (Wildman–Crippen MR) is 85.8 cm³/mol. The largest absolute Gasteiger partial charge is 0.306 e. The molecule has 0 amide bonds. The molecule has 0 spiro atoms. The van der Waals surface area contributed by atoms with E-state index in [9.17, 15) is 4.39 Å². The molecule has 5 heteroatoms. The third kappa shape index (κ3) is 3.95. The first-order valence-corrected chi connectivity index (χ1v) is 7.64. The van der Waals surface area contributed by atoms with Crippen molar-refractivity contribution in [3.63, 3.8) is 0 Å². The van der Waals surface area contributed by atoms with Crippen molar-refractivity contribution in [1.29, 1.82) is 0 Å². The molecular weight excluding hydrogens is 364 g/mol. The van der Waals surface area contributed by atoms with Crippen molar-refractivity contribution in [1.82, 2.24) is 5.32 Å². The number of benzene rings is 2. The lowest BCUT2D eigenvalue weighted by molar-refractivity contribution is 0.568. The van der Waals surface area contributed by atoms with Gasteiger partial charge in [0.05, 0.1) is 10.0 Å². The van der Waals surface area contributed by atoms with Gasteiger partial charge in [0.2, 0.25) is 0 Å². The van der Waals surface area contributed by atoms with Crippen LogP contribution in [-0.4, -0.2) is 0 Å². The molecule has 0 saturated carbocycles. The Labute approximate surface area is 136 Å². The lowest BCUT2D eigenvalue weighted by atomic mass is 10.1. The van der Waals surface area contributed by atoms with Gasteiger partial charge in [-0.3, -0.25) is 0 Å². The van der Waals surface area contributed by atoms with Crippen LogP contribution in [0.15, 0.2) is 40.9 Å². The number of halogens is 4. The average Bonchev–Trinajstić information content (AvgIpc) is 2.42. The smallest absolute Gasteiger partial charge is 0.123 e. The number of hydrogen-bond donors (Lipinski definition) is 1. The van der Waals surface area contributed by atoms with E-state index < -0.39 is 0 Å². The zero-order valence-electron chi connectivity index (χ0n) is 10.8. The van der Waals surface area contributed by atoms with Crippen LogP contribution in [0.5, 0.6) is 0 Å². The second-order valence-electron chi connectivity index (χ2n) is 4.51. The van der Waals surface area contributed by atoms with Gasteiger partial charge in [0.25, 0.3) is 0 Å². The van der Waals surface area contributed by atoms with Crippen LogP contribution in [-0.2, 0) is 6.54 Å². The Bertz CT molecular complexity index is 619. The highest BCUT2D eigenvalue weighted by Gasteiger charge is 2.09. The fourth-order valence-electron chi connectivity index (χ4n) is 1.84. The molecule has 1 atom stereocenters. The van der Waals surface area contributed by atoms with E-state index in [1.165, 1.54) is 12.1 Å². The van der Waals surface area contributed by atoms with Gasteiger partial charge in [-0.15, -0.1) is 0 Å². The van der Waals surface area contributed by atoms with E-state index in [0.717, 1.165) is 15.6 Å². The molecule has 1 nitrogen and oxygen atoms in total. The Morgan fingerprint density at radius 2 is 1.90 bits per heavy atom. The maximum atomic E-state index is 13.2. The molecule has 0 radical (unpaired) electrons. The number of nitrogens with one attached hydrogen (secondary N) is 1. The summed E-state index contributed by atoms with van der Waals surface area (Å²) in [6, 6.07) is 10.3. The molecule has 2 aromatic rings. The Morgan fingerprint density at radius 3 is 2.60 bits per heavy atom. The summed E-state index contributed by atoms with van der Waals surface area (Å²) in [6.45, 7) is 2.58. The highest BCUT2D eigenvalue weighted by molar-refractivity contribution is 9.10. The van der Waals surface area contributed by atoms with Gasteiger partial charge in [0.1, 0.15) is 5.82 Å². The summed E-state index contributed by atoms with van der Waals surface area (Å²) >= 11 is 15.3. The molecule has 20 heavy (non-hydrogen) atoms. The third-order valence-electron chi connectivity index (χ3n) is 3.05. The summed E-state index contributed by atoms with van der Waals surface area (Å²) in [6.07, 6.45) is 0. The predicted octanol–water partition coefficient (Wildman–Crippen LogP) is 5.75. The van der Waals surface area contributed by atoms with E-state index in [4.69, 9.17) is 23.2 Å². The summed E-state index contributed by atoms with van der Waals surface area (Å²) in [5.74, 6) is -0.243. The molecule has 1 unspecified atom stereocenters. The number of rotatable bonds is 4. The molecule has 0 aliphatic carbocycles. The van der Waals surface area contributed by atoms with Gasteiger partial charge in [0, 0.05) is 17.1 Å². The van der Waals surface area contributed by atoms with Crippen LogP contribution in [0.3, 0.4) is 0 Å². The molecule has 0 aliphatic heterocycles. The SMILES string of the molecule is CC(NCc1cc(F)ccc1Br)c1ccc(Cl)c(Cl)c1. The third-order valence-corrected chi connectivity index (χ3v) is 4.56. The highest BCUT2D eigenvalue weighted by Crippen LogP contribution is 2.26. The van der Waals surface area contributed by atoms with Gasteiger partial charge in [0.15, 0.2) is 0 Å². The fourth-order valence-corrected chi connectivity index (χ4v) is 2.53. The summed E-state index contributed by atoms with van der Waals surface area (Å²) < 4.78 is 14.1. The van der Waals surface area contributed by atoms with E-state index in [-0.39, 0.29) is 11.9 Å². The van der Waals surface area contributed by atoms with Gasteiger partial charge < -0.3 is 5.32 Å².